The lowest BCUT2D eigenvalue weighted by Crippen LogP contribution is -2.51. The fourth-order valence-corrected chi connectivity index (χ4v) is 2.40. The van der Waals surface area contributed by atoms with Crippen LogP contribution in [0.4, 0.5) is 4.79 Å². The minimum Gasteiger partial charge on any atom is -0.444 e. The molecular formula is C17H35N3O3. The summed E-state index contributed by atoms with van der Waals surface area (Å²) < 4.78 is 5.41. The van der Waals surface area contributed by atoms with Gasteiger partial charge in [0.15, 0.2) is 0 Å². The Balaban J connectivity index is 2.21. The average Bonchev–Trinajstić information content (AvgIpc) is 2.50. The first-order valence-electron chi connectivity index (χ1n) is 8.71. The summed E-state index contributed by atoms with van der Waals surface area (Å²) in [6.07, 6.45) is 0.752. The molecule has 1 amide bonds. The van der Waals surface area contributed by atoms with Crippen molar-refractivity contribution in [1.29, 1.82) is 0 Å². The molecule has 23 heavy (non-hydrogen) atoms. The molecule has 0 bridgehead atoms. The summed E-state index contributed by atoms with van der Waals surface area (Å²) in [7, 11) is 0. The molecule has 0 radical (unpaired) electrons. The molecule has 1 aliphatic heterocycles. The Morgan fingerprint density at radius 1 is 1.17 bits per heavy atom. The Hall–Kier alpha value is -0.850. The van der Waals surface area contributed by atoms with Crippen molar-refractivity contribution in [2.75, 3.05) is 52.4 Å². The van der Waals surface area contributed by atoms with Gasteiger partial charge in [0.1, 0.15) is 5.60 Å². The zero-order valence-corrected chi connectivity index (χ0v) is 15.5. The van der Waals surface area contributed by atoms with Crippen LogP contribution >= 0.6 is 0 Å². The maximum atomic E-state index is 12.0. The van der Waals surface area contributed by atoms with Gasteiger partial charge < -0.3 is 20.1 Å². The van der Waals surface area contributed by atoms with E-state index in [2.05, 4.69) is 24.1 Å². The summed E-state index contributed by atoms with van der Waals surface area (Å²) >= 11 is 0. The van der Waals surface area contributed by atoms with Crippen LogP contribution in [-0.2, 0) is 4.74 Å². The Kier molecular flexibility index (Phi) is 7.77. The van der Waals surface area contributed by atoms with Gasteiger partial charge >= 0.3 is 6.09 Å². The van der Waals surface area contributed by atoms with Crippen LogP contribution < -0.4 is 5.32 Å². The second-order valence-electron chi connectivity index (χ2n) is 7.81. The third kappa shape index (κ3) is 7.50. The Labute approximate surface area is 141 Å². The van der Waals surface area contributed by atoms with E-state index in [0.717, 1.165) is 52.2 Å². The van der Waals surface area contributed by atoms with Gasteiger partial charge in [-0.3, -0.25) is 4.90 Å². The smallest absolute Gasteiger partial charge is 0.410 e. The summed E-state index contributed by atoms with van der Waals surface area (Å²) in [5.41, 5.74) is -0.466. The number of aliphatic hydroxyl groups is 1. The molecule has 0 spiro atoms. The summed E-state index contributed by atoms with van der Waals surface area (Å²) in [6.45, 7) is 16.0. The van der Waals surface area contributed by atoms with Gasteiger partial charge in [0, 0.05) is 57.8 Å². The minimum absolute atomic E-state index is 0.0323. The van der Waals surface area contributed by atoms with Gasteiger partial charge in [0.25, 0.3) is 0 Å². The van der Waals surface area contributed by atoms with Gasteiger partial charge in [-0.15, -0.1) is 0 Å². The number of nitrogens with one attached hydrogen (secondary N) is 1. The third-order valence-electron chi connectivity index (χ3n) is 4.42. The van der Waals surface area contributed by atoms with E-state index in [4.69, 9.17) is 4.74 Å². The number of hydrogen-bond donors (Lipinski definition) is 2. The van der Waals surface area contributed by atoms with Crippen LogP contribution in [0.25, 0.3) is 0 Å². The number of aliphatic hydroxyl groups excluding tert-OH is 1. The van der Waals surface area contributed by atoms with Crippen LogP contribution in [0.2, 0.25) is 0 Å². The Morgan fingerprint density at radius 2 is 1.78 bits per heavy atom. The van der Waals surface area contributed by atoms with Crippen LogP contribution in [0, 0.1) is 5.41 Å². The minimum atomic E-state index is -0.434. The van der Waals surface area contributed by atoms with Crippen molar-refractivity contribution in [2.45, 2.75) is 46.6 Å². The number of piperazine rings is 1. The second kappa shape index (κ2) is 8.85. The van der Waals surface area contributed by atoms with Crippen molar-refractivity contribution >= 4 is 6.09 Å². The molecule has 0 aromatic carbocycles. The number of rotatable bonds is 7. The first-order valence-corrected chi connectivity index (χ1v) is 8.71. The molecule has 0 aromatic heterocycles. The van der Waals surface area contributed by atoms with Crippen molar-refractivity contribution in [1.82, 2.24) is 15.1 Å². The van der Waals surface area contributed by atoms with Crippen LogP contribution in [0.5, 0.6) is 0 Å². The van der Waals surface area contributed by atoms with E-state index in [9.17, 15) is 9.90 Å². The van der Waals surface area contributed by atoms with Gasteiger partial charge in [0.05, 0.1) is 0 Å². The molecular weight excluding hydrogens is 294 g/mol. The highest BCUT2D eigenvalue weighted by atomic mass is 16.6. The van der Waals surface area contributed by atoms with Gasteiger partial charge in [-0.2, -0.15) is 0 Å². The van der Waals surface area contributed by atoms with Gasteiger partial charge in [-0.25, -0.2) is 4.79 Å². The molecule has 0 aromatic rings. The number of hydrogen-bond acceptors (Lipinski definition) is 5. The number of amides is 1. The fraction of sp³-hybridized carbons (Fsp3) is 0.941. The van der Waals surface area contributed by atoms with Gasteiger partial charge in [-0.1, -0.05) is 13.8 Å². The predicted molar refractivity (Wildman–Crippen MR) is 92.6 cm³/mol. The lowest BCUT2D eigenvalue weighted by Gasteiger charge is -2.35. The van der Waals surface area contributed by atoms with E-state index in [1.165, 1.54) is 0 Å². The SMILES string of the molecule is CCC(C)(CO)CNCCN1CCN(C(=O)OC(C)(C)C)CC1. The summed E-state index contributed by atoms with van der Waals surface area (Å²) in [5.74, 6) is 0. The maximum Gasteiger partial charge on any atom is 0.410 e. The molecule has 1 heterocycles. The normalized spacial score (nSPS) is 19.5. The van der Waals surface area contributed by atoms with Crippen molar-refractivity contribution in [3.05, 3.63) is 0 Å². The predicted octanol–water partition coefficient (Wildman–Crippen LogP) is 1.54. The fourth-order valence-electron chi connectivity index (χ4n) is 2.40. The summed E-state index contributed by atoms with van der Waals surface area (Å²) in [5, 5.41) is 12.8. The Morgan fingerprint density at radius 3 is 2.26 bits per heavy atom. The third-order valence-corrected chi connectivity index (χ3v) is 4.42. The number of nitrogens with zero attached hydrogens (tertiary/aromatic N) is 2. The van der Waals surface area contributed by atoms with Crippen molar-refractivity contribution in [2.24, 2.45) is 5.41 Å². The Bertz CT molecular complexity index is 357. The van der Waals surface area contributed by atoms with Crippen LogP contribution in [0.3, 0.4) is 0 Å². The quantitative estimate of drug-likeness (QED) is 0.694. The zero-order valence-electron chi connectivity index (χ0n) is 15.5. The monoisotopic (exact) mass is 329 g/mol. The molecule has 1 aliphatic rings. The summed E-state index contributed by atoms with van der Waals surface area (Å²) in [4.78, 5) is 16.2. The van der Waals surface area contributed by atoms with E-state index < -0.39 is 5.60 Å². The van der Waals surface area contributed by atoms with E-state index in [0.29, 0.717) is 0 Å². The van der Waals surface area contributed by atoms with Crippen LogP contribution in [0.1, 0.15) is 41.0 Å². The topological polar surface area (TPSA) is 65.0 Å². The molecule has 6 nitrogen and oxygen atoms in total. The molecule has 0 aliphatic carbocycles. The van der Waals surface area contributed by atoms with Crippen molar-refractivity contribution in [3.8, 4) is 0 Å². The summed E-state index contributed by atoms with van der Waals surface area (Å²) in [6, 6.07) is 0. The number of ether oxygens (including phenoxy) is 1. The molecule has 1 atom stereocenters. The molecule has 1 fully saturated rings. The lowest BCUT2D eigenvalue weighted by molar-refractivity contribution is 0.0145. The highest BCUT2D eigenvalue weighted by molar-refractivity contribution is 5.68. The first-order chi connectivity index (χ1) is 10.7. The van der Waals surface area contributed by atoms with Crippen LogP contribution in [0.15, 0.2) is 0 Å². The first kappa shape index (κ1) is 20.2. The molecule has 136 valence electrons. The van der Waals surface area contributed by atoms with Gasteiger partial charge in [-0.05, 0) is 27.2 Å². The van der Waals surface area contributed by atoms with E-state index in [1.807, 2.05) is 20.8 Å². The number of carbonyl (C=O) groups is 1. The standard InChI is InChI=1S/C17H35N3O3/c1-6-17(5,14-21)13-18-7-8-19-9-11-20(12-10-19)15(22)23-16(2,3)4/h18,21H,6-14H2,1-5H3. The molecule has 0 saturated carbocycles. The van der Waals surface area contributed by atoms with Crippen molar-refractivity contribution < 1.29 is 14.6 Å². The van der Waals surface area contributed by atoms with Crippen LogP contribution in [-0.4, -0.2) is 79.0 Å². The van der Waals surface area contributed by atoms with E-state index >= 15 is 0 Å². The average molecular weight is 329 g/mol. The lowest BCUT2D eigenvalue weighted by atomic mass is 9.89. The molecule has 1 rings (SSSR count). The second-order valence-corrected chi connectivity index (χ2v) is 7.81. The van der Waals surface area contributed by atoms with Crippen molar-refractivity contribution in [3.63, 3.8) is 0 Å². The van der Waals surface area contributed by atoms with E-state index in [1.54, 1.807) is 4.90 Å². The van der Waals surface area contributed by atoms with Gasteiger partial charge in [0.2, 0.25) is 0 Å². The number of carbonyl (C=O) groups excluding carboxylic acids is 1. The van der Waals surface area contributed by atoms with E-state index in [-0.39, 0.29) is 18.1 Å². The largest absolute Gasteiger partial charge is 0.444 e. The maximum absolute atomic E-state index is 12.0. The molecule has 1 unspecified atom stereocenters. The highest BCUT2D eigenvalue weighted by Crippen LogP contribution is 2.18. The zero-order chi connectivity index (χ0) is 17.5. The highest BCUT2D eigenvalue weighted by Gasteiger charge is 2.25. The molecule has 2 N–H and O–H groups in total. The molecule has 6 heteroatoms. The molecule has 1 saturated heterocycles.